The van der Waals surface area contributed by atoms with Crippen LogP contribution >= 0.6 is 27.5 Å². The van der Waals surface area contributed by atoms with Crippen LogP contribution in [0.5, 0.6) is 0 Å². The second-order valence-corrected chi connectivity index (χ2v) is 5.14. The van der Waals surface area contributed by atoms with Gasteiger partial charge in [-0.15, -0.1) is 0 Å². The van der Waals surface area contributed by atoms with Gasteiger partial charge in [-0.05, 0) is 34.5 Å². The van der Waals surface area contributed by atoms with Crippen LogP contribution in [-0.4, -0.2) is 30.1 Å². The number of carbonyl (C=O) groups excluding carboxylic acids is 1. The minimum Gasteiger partial charge on any atom is -0.336 e. The zero-order chi connectivity index (χ0) is 12.6. The summed E-state index contributed by atoms with van der Waals surface area (Å²) < 4.78 is 27.0. The van der Waals surface area contributed by atoms with Gasteiger partial charge >= 0.3 is 0 Å². The van der Waals surface area contributed by atoms with Crippen molar-refractivity contribution in [2.75, 3.05) is 13.1 Å². The molecule has 0 aliphatic carbocycles. The van der Waals surface area contributed by atoms with Crippen molar-refractivity contribution in [1.29, 1.82) is 0 Å². The Kier molecular flexibility index (Phi) is 3.68. The third-order valence-electron chi connectivity index (χ3n) is 2.66. The lowest BCUT2D eigenvalue weighted by atomic mass is 10.2. The Morgan fingerprint density at radius 2 is 2.24 bits per heavy atom. The lowest BCUT2D eigenvalue weighted by Gasteiger charge is -2.16. The quantitative estimate of drug-likeness (QED) is 0.725. The second-order valence-electron chi connectivity index (χ2n) is 3.88. The minimum atomic E-state index is -1.02. The Labute approximate surface area is 111 Å². The summed E-state index contributed by atoms with van der Waals surface area (Å²) in [6, 6.07) is 2.40. The molecule has 2 rings (SSSR count). The van der Waals surface area contributed by atoms with Gasteiger partial charge in [0.15, 0.2) is 0 Å². The first-order chi connectivity index (χ1) is 7.99. The van der Waals surface area contributed by atoms with E-state index in [2.05, 4.69) is 15.9 Å². The molecule has 92 valence electrons. The highest BCUT2D eigenvalue weighted by molar-refractivity contribution is 9.10. The zero-order valence-corrected chi connectivity index (χ0v) is 11.1. The highest BCUT2D eigenvalue weighted by Gasteiger charge is 2.28. The molecule has 1 aromatic carbocycles. The van der Waals surface area contributed by atoms with E-state index in [1.165, 1.54) is 11.0 Å². The number of benzene rings is 1. The maximum atomic E-state index is 13.6. The van der Waals surface area contributed by atoms with Crippen molar-refractivity contribution < 1.29 is 13.6 Å². The Hall–Kier alpha value is -0.680. The molecule has 6 heteroatoms. The van der Waals surface area contributed by atoms with E-state index in [0.717, 1.165) is 6.07 Å². The van der Waals surface area contributed by atoms with E-state index in [0.29, 0.717) is 17.4 Å². The molecule has 1 aromatic rings. The van der Waals surface area contributed by atoms with Crippen molar-refractivity contribution in [1.82, 2.24) is 4.90 Å². The van der Waals surface area contributed by atoms with Crippen molar-refractivity contribution in [2.24, 2.45) is 0 Å². The summed E-state index contributed by atoms with van der Waals surface area (Å²) in [5.74, 6) is -1.19. The highest BCUT2D eigenvalue weighted by Crippen LogP contribution is 2.27. The number of hydrogen-bond donors (Lipinski definition) is 0. The topological polar surface area (TPSA) is 20.3 Å². The molecule has 1 heterocycles. The number of halogens is 4. The van der Waals surface area contributed by atoms with Gasteiger partial charge in [0, 0.05) is 11.0 Å². The van der Waals surface area contributed by atoms with Gasteiger partial charge in [0.1, 0.15) is 12.0 Å². The fourth-order valence-corrected chi connectivity index (χ4v) is 2.25. The number of carbonyl (C=O) groups is 1. The van der Waals surface area contributed by atoms with Crippen LogP contribution in [0.1, 0.15) is 16.8 Å². The average molecular weight is 325 g/mol. The van der Waals surface area contributed by atoms with E-state index in [1.807, 2.05) is 0 Å². The SMILES string of the molecule is O=C(c1cc(Br)c(Cl)cc1F)N1CCC(F)C1. The standard InChI is InChI=1S/C11H9BrClF2NO/c12-8-3-7(10(15)4-9(8)13)11(17)16-2-1-6(14)5-16/h3-4,6H,1-2,5H2. The summed E-state index contributed by atoms with van der Waals surface area (Å²) in [6.45, 7) is 0.345. The lowest BCUT2D eigenvalue weighted by Crippen LogP contribution is -2.29. The average Bonchev–Trinajstić information content (AvgIpc) is 2.69. The summed E-state index contributed by atoms with van der Waals surface area (Å²) in [4.78, 5) is 13.2. The molecule has 1 aliphatic rings. The third-order valence-corrected chi connectivity index (χ3v) is 3.86. The molecule has 0 bridgehead atoms. The monoisotopic (exact) mass is 323 g/mol. The van der Waals surface area contributed by atoms with Gasteiger partial charge in [-0.2, -0.15) is 0 Å². The van der Waals surface area contributed by atoms with Gasteiger partial charge in [0.25, 0.3) is 5.91 Å². The summed E-state index contributed by atoms with van der Waals surface area (Å²) in [5.41, 5.74) is -0.0876. The molecule has 0 radical (unpaired) electrons. The van der Waals surface area contributed by atoms with Gasteiger partial charge in [-0.25, -0.2) is 8.78 Å². The maximum absolute atomic E-state index is 13.6. The van der Waals surface area contributed by atoms with Crippen molar-refractivity contribution in [3.05, 3.63) is 33.0 Å². The largest absolute Gasteiger partial charge is 0.336 e. The van der Waals surface area contributed by atoms with Crippen LogP contribution < -0.4 is 0 Å². The third kappa shape index (κ3) is 2.60. The first-order valence-electron chi connectivity index (χ1n) is 5.07. The fraction of sp³-hybridized carbons (Fsp3) is 0.364. The Bertz CT molecular complexity index is 469. The van der Waals surface area contributed by atoms with E-state index >= 15 is 0 Å². The molecule has 17 heavy (non-hydrogen) atoms. The molecule has 1 atom stereocenters. The molecule has 1 aliphatic heterocycles. The summed E-state index contributed by atoms with van der Waals surface area (Å²) >= 11 is 8.83. The second kappa shape index (κ2) is 4.90. The minimum absolute atomic E-state index is 0.0263. The Balaban J connectivity index is 2.28. The van der Waals surface area contributed by atoms with Gasteiger partial charge in [-0.3, -0.25) is 4.79 Å². The normalized spacial score (nSPS) is 19.8. The predicted octanol–water partition coefficient (Wildman–Crippen LogP) is 3.43. The molecule has 0 aromatic heterocycles. The summed E-state index contributed by atoms with van der Waals surface area (Å²) in [7, 11) is 0. The molecular formula is C11H9BrClF2NO. The molecule has 0 saturated carbocycles. The van der Waals surface area contributed by atoms with Crippen LogP contribution in [0.4, 0.5) is 8.78 Å². The van der Waals surface area contributed by atoms with Crippen LogP contribution in [0.15, 0.2) is 16.6 Å². The fourth-order valence-electron chi connectivity index (χ4n) is 1.76. The van der Waals surface area contributed by atoms with E-state index in [-0.39, 0.29) is 17.1 Å². The summed E-state index contributed by atoms with van der Waals surface area (Å²) in [6.07, 6.45) is -0.708. The Morgan fingerprint density at radius 1 is 1.53 bits per heavy atom. The molecule has 1 amide bonds. The van der Waals surface area contributed by atoms with Crippen LogP contribution in [0, 0.1) is 5.82 Å². The van der Waals surface area contributed by atoms with Crippen molar-refractivity contribution in [3.63, 3.8) is 0 Å². The first kappa shape index (κ1) is 12.8. The molecule has 2 nitrogen and oxygen atoms in total. The van der Waals surface area contributed by atoms with Gasteiger partial charge in [0.2, 0.25) is 0 Å². The van der Waals surface area contributed by atoms with E-state index in [4.69, 9.17) is 11.6 Å². The van der Waals surface area contributed by atoms with Crippen LogP contribution in [0.3, 0.4) is 0 Å². The van der Waals surface area contributed by atoms with Crippen LogP contribution in [-0.2, 0) is 0 Å². The number of hydrogen-bond acceptors (Lipinski definition) is 1. The van der Waals surface area contributed by atoms with Gasteiger partial charge < -0.3 is 4.90 Å². The first-order valence-corrected chi connectivity index (χ1v) is 6.24. The van der Waals surface area contributed by atoms with Gasteiger partial charge in [0.05, 0.1) is 17.1 Å². The number of alkyl halides is 1. The van der Waals surface area contributed by atoms with E-state index in [1.54, 1.807) is 0 Å². The number of rotatable bonds is 1. The number of nitrogens with zero attached hydrogens (tertiary/aromatic N) is 1. The smallest absolute Gasteiger partial charge is 0.256 e. The predicted molar refractivity (Wildman–Crippen MR) is 64.5 cm³/mol. The van der Waals surface area contributed by atoms with E-state index < -0.39 is 17.9 Å². The summed E-state index contributed by atoms with van der Waals surface area (Å²) in [5, 5.41) is 0.198. The lowest BCUT2D eigenvalue weighted by molar-refractivity contribution is 0.0778. The zero-order valence-electron chi connectivity index (χ0n) is 8.72. The van der Waals surface area contributed by atoms with Crippen LogP contribution in [0.2, 0.25) is 5.02 Å². The number of likely N-dealkylation sites (tertiary alicyclic amines) is 1. The molecule has 1 saturated heterocycles. The van der Waals surface area contributed by atoms with Gasteiger partial charge in [-0.1, -0.05) is 11.6 Å². The number of amides is 1. The maximum Gasteiger partial charge on any atom is 0.256 e. The Morgan fingerprint density at radius 3 is 2.82 bits per heavy atom. The molecule has 1 unspecified atom stereocenters. The van der Waals surface area contributed by atoms with Crippen molar-refractivity contribution >= 4 is 33.4 Å². The molecule has 0 N–H and O–H groups in total. The van der Waals surface area contributed by atoms with Crippen molar-refractivity contribution in [2.45, 2.75) is 12.6 Å². The molecule has 0 spiro atoms. The van der Waals surface area contributed by atoms with Crippen molar-refractivity contribution in [3.8, 4) is 0 Å². The molecular weight excluding hydrogens is 315 g/mol. The van der Waals surface area contributed by atoms with Crippen LogP contribution in [0.25, 0.3) is 0 Å². The molecule has 1 fully saturated rings. The van der Waals surface area contributed by atoms with E-state index in [9.17, 15) is 13.6 Å². The highest BCUT2D eigenvalue weighted by atomic mass is 79.9.